The minimum absolute atomic E-state index is 0.0499. The van der Waals surface area contributed by atoms with Crippen molar-refractivity contribution < 1.29 is 22.7 Å². The maximum atomic E-state index is 13.3. The lowest BCUT2D eigenvalue weighted by Gasteiger charge is -2.37. The molecular formula is C23H28F3N7O2. The maximum Gasteiger partial charge on any atom is 0.433 e. The van der Waals surface area contributed by atoms with Crippen molar-refractivity contribution >= 4 is 22.9 Å². The summed E-state index contributed by atoms with van der Waals surface area (Å²) in [6, 6.07) is 1.73. The van der Waals surface area contributed by atoms with Crippen LogP contribution in [0.3, 0.4) is 0 Å². The number of alkyl halides is 3. The number of fused-ring (bicyclic) bond motifs is 1. The van der Waals surface area contributed by atoms with E-state index in [1.54, 1.807) is 9.47 Å². The van der Waals surface area contributed by atoms with Gasteiger partial charge in [-0.05, 0) is 39.3 Å². The molecule has 0 aliphatic carbocycles. The summed E-state index contributed by atoms with van der Waals surface area (Å²) in [5.74, 6) is 0.753. The molecule has 0 bridgehead atoms. The van der Waals surface area contributed by atoms with Crippen molar-refractivity contribution in [3.63, 3.8) is 0 Å². The van der Waals surface area contributed by atoms with E-state index in [2.05, 4.69) is 25.3 Å². The van der Waals surface area contributed by atoms with Crippen LogP contribution in [0.4, 0.5) is 19.0 Å². The van der Waals surface area contributed by atoms with Crippen LogP contribution in [0.25, 0.3) is 22.6 Å². The lowest BCUT2D eigenvalue weighted by atomic mass is 10.1. The van der Waals surface area contributed by atoms with Crippen molar-refractivity contribution in [3.8, 4) is 11.4 Å². The number of anilines is 1. The zero-order valence-electron chi connectivity index (χ0n) is 20.0. The van der Waals surface area contributed by atoms with E-state index in [9.17, 15) is 18.0 Å². The van der Waals surface area contributed by atoms with E-state index in [0.717, 1.165) is 12.3 Å². The highest BCUT2D eigenvalue weighted by Crippen LogP contribution is 2.31. The standard InChI is InChI=1S/C23H28F3N7O2/c1-5-16(22(34)32-10-13(3)35-14(4)11-32)30-19-18-21(29-12-28-19)33(6-2)20(31-18)15-7-8-17(27-9-15)23(24,25)26/h7-9,12-14,16H,5-6,10-11H2,1-4H3,(H,28,29,30)/t13-,14+,16-/m0/s1. The number of carbonyl (C=O) groups is 1. The number of amides is 1. The third-order valence-electron chi connectivity index (χ3n) is 5.91. The summed E-state index contributed by atoms with van der Waals surface area (Å²) in [6.45, 7) is 9.16. The van der Waals surface area contributed by atoms with Crippen LogP contribution in [0.1, 0.15) is 39.8 Å². The molecule has 3 atom stereocenters. The highest BCUT2D eigenvalue weighted by molar-refractivity contribution is 5.90. The van der Waals surface area contributed by atoms with E-state index in [4.69, 9.17) is 4.74 Å². The molecule has 1 amide bonds. The molecule has 0 unspecified atom stereocenters. The molecule has 0 saturated carbocycles. The van der Waals surface area contributed by atoms with Crippen molar-refractivity contribution in [2.24, 2.45) is 0 Å². The average Bonchev–Trinajstić information content (AvgIpc) is 3.20. The van der Waals surface area contributed by atoms with Crippen molar-refractivity contribution in [1.82, 2.24) is 29.4 Å². The average molecular weight is 492 g/mol. The number of aryl methyl sites for hydroxylation is 1. The smallest absolute Gasteiger partial charge is 0.372 e. The van der Waals surface area contributed by atoms with E-state index in [0.29, 0.717) is 54.4 Å². The Kier molecular flexibility index (Phi) is 6.93. The van der Waals surface area contributed by atoms with Crippen LogP contribution >= 0.6 is 0 Å². The first-order chi connectivity index (χ1) is 16.6. The number of hydrogen-bond donors (Lipinski definition) is 1. The van der Waals surface area contributed by atoms with Gasteiger partial charge in [-0.25, -0.2) is 15.0 Å². The molecule has 3 aromatic heterocycles. The van der Waals surface area contributed by atoms with Gasteiger partial charge in [0.15, 0.2) is 17.0 Å². The lowest BCUT2D eigenvalue weighted by Crippen LogP contribution is -2.52. The number of halogens is 3. The van der Waals surface area contributed by atoms with Gasteiger partial charge in [-0.3, -0.25) is 9.78 Å². The van der Waals surface area contributed by atoms with Gasteiger partial charge in [0, 0.05) is 31.4 Å². The SMILES string of the molecule is CC[C@H](Nc1ncnc2c1nc(-c1ccc(C(F)(F)F)nc1)n2CC)C(=O)N1C[C@@H](C)O[C@@H](C)C1. The Morgan fingerprint density at radius 3 is 2.46 bits per heavy atom. The molecule has 1 saturated heterocycles. The van der Waals surface area contributed by atoms with Gasteiger partial charge in [0.1, 0.15) is 23.9 Å². The van der Waals surface area contributed by atoms with Gasteiger partial charge >= 0.3 is 6.18 Å². The Labute approximate surface area is 200 Å². The number of rotatable bonds is 6. The summed E-state index contributed by atoms with van der Waals surface area (Å²) in [6.07, 6.45) is -1.57. The maximum absolute atomic E-state index is 13.3. The molecule has 0 radical (unpaired) electrons. The molecule has 1 aliphatic rings. The second-order valence-corrected chi connectivity index (χ2v) is 8.61. The Morgan fingerprint density at radius 2 is 1.89 bits per heavy atom. The number of morpholine rings is 1. The largest absolute Gasteiger partial charge is 0.433 e. The number of pyridine rings is 1. The normalized spacial score (nSPS) is 19.7. The molecule has 188 valence electrons. The molecule has 4 heterocycles. The number of carbonyl (C=O) groups excluding carboxylic acids is 1. The van der Waals surface area contributed by atoms with Gasteiger partial charge < -0.3 is 19.5 Å². The van der Waals surface area contributed by atoms with E-state index in [-0.39, 0.29) is 18.1 Å². The third-order valence-corrected chi connectivity index (χ3v) is 5.91. The summed E-state index contributed by atoms with van der Waals surface area (Å²) >= 11 is 0. The number of ether oxygens (including phenoxy) is 1. The highest BCUT2D eigenvalue weighted by Gasteiger charge is 2.33. The van der Waals surface area contributed by atoms with Gasteiger partial charge in [-0.1, -0.05) is 6.92 Å². The number of nitrogens with zero attached hydrogens (tertiary/aromatic N) is 6. The molecule has 1 fully saturated rings. The van der Waals surface area contributed by atoms with E-state index < -0.39 is 17.9 Å². The number of nitrogens with one attached hydrogen (secondary N) is 1. The molecule has 1 N–H and O–H groups in total. The van der Waals surface area contributed by atoms with Gasteiger partial charge in [0.2, 0.25) is 5.91 Å². The van der Waals surface area contributed by atoms with E-state index >= 15 is 0 Å². The highest BCUT2D eigenvalue weighted by atomic mass is 19.4. The Morgan fingerprint density at radius 1 is 1.17 bits per heavy atom. The first-order valence-corrected chi connectivity index (χ1v) is 11.6. The summed E-state index contributed by atoms with van der Waals surface area (Å²) in [5.41, 5.74) is 0.386. The summed E-state index contributed by atoms with van der Waals surface area (Å²) in [5, 5.41) is 3.22. The number of imidazole rings is 1. The number of aromatic nitrogens is 5. The van der Waals surface area contributed by atoms with Crippen LogP contribution in [0.15, 0.2) is 24.7 Å². The van der Waals surface area contributed by atoms with Gasteiger partial charge in [0.25, 0.3) is 0 Å². The van der Waals surface area contributed by atoms with Crippen LogP contribution in [0, 0.1) is 0 Å². The Hall–Kier alpha value is -3.28. The van der Waals surface area contributed by atoms with Crippen LogP contribution < -0.4 is 5.32 Å². The van der Waals surface area contributed by atoms with Crippen molar-refractivity contribution in [2.45, 2.75) is 65.1 Å². The fourth-order valence-corrected chi connectivity index (χ4v) is 4.34. The van der Waals surface area contributed by atoms with Gasteiger partial charge in [-0.15, -0.1) is 0 Å². The van der Waals surface area contributed by atoms with Crippen molar-refractivity contribution in [3.05, 3.63) is 30.4 Å². The molecular weight excluding hydrogens is 463 g/mol. The molecule has 4 rings (SSSR count). The summed E-state index contributed by atoms with van der Waals surface area (Å²) < 4.78 is 46.3. The topological polar surface area (TPSA) is 98.1 Å². The van der Waals surface area contributed by atoms with Crippen LogP contribution in [0.5, 0.6) is 0 Å². The number of hydrogen-bond acceptors (Lipinski definition) is 7. The summed E-state index contributed by atoms with van der Waals surface area (Å²) in [7, 11) is 0. The predicted octanol–water partition coefficient (Wildman–Crippen LogP) is 3.75. The van der Waals surface area contributed by atoms with Gasteiger partial charge in [0.05, 0.1) is 12.2 Å². The minimum Gasteiger partial charge on any atom is -0.372 e. The van der Waals surface area contributed by atoms with Crippen LogP contribution in [-0.4, -0.2) is 66.6 Å². The Bertz CT molecular complexity index is 1190. The molecule has 0 aromatic carbocycles. The molecule has 1 aliphatic heterocycles. The molecule has 0 spiro atoms. The predicted molar refractivity (Wildman–Crippen MR) is 124 cm³/mol. The minimum atomic E-state index is -4.52. The quantitative estimate of drug-likeness (QED) is 0.561. The zero-order valence-corrected chi connectivity index (χ0v) is 20.0. The second-order valence-electron chi connectivity index (χ2n) is 8.61. The van der Waals surface area contributed by atoms with E-state index in [1.165, 1.54) is 12.4 Å². The summed E-state index contributed by atoms with van der Waals surface area (Å²) in [4.78, 5) is 31.9. The van der Waals surface area contributed by atoms with Gasteiger partial charge in [-0.2, -0.15) is 13.2 Å². The fraction of sp³-hybridized carbons (Fsp3) is 0.522. The second kappa shape index (κ2) is 9.76. The first-order valence-electron chi connectivity index (χ1n) is 11.6. The van der Waals surface area contributed by atoms with Crippen LogP contribution in [0.2, 0.25) is 0 Å². The molecule has 12 heteroatoms. The molecule has 9 nitrogen and oxygen atoms in total. The monoisotopic (exact) mass is 491 g/mol. The van der Waals surface area contributed by atoms with Crippen molar-refractivity contribution in [1.29, 1.82) is 0 Å². The Balaban J connectivity index is 1.66. The molecule has 3 aromatic rings. The first kappa shape index (κ1) is 24.8. The zero-order chi connectivity index (χ0) is 25.3. The van der Waals surface area contributed by atoms with E-state index in [1.807, 2.05) is 27.7 Å². The lowest BCUT2D eigenvalue weighted by molar-refractivity contribution is -0.144. The third kappa shape index (κ3) is 5.07. The molecule has 35 heavy (non-hydrogen) atoms. The van der Waals surface area contributed by atoms with Crippen molar-refractivity contribution in [2.75, 3.05) is 18.4 Å². The van der Waals surface area contributed by atoms with Crippen LogP contribution in [-0.2, 0) is 22.3 Å². The fourth-order valence-electron chi connectivity index (χ4n) is 4.34.